The molecule has 12 heavy (non-hydrogen) atoms. The first-order chi connectivity index (χ1) is 5.74. The van der Waals surface area contributed by atoms with Gasteiger partial charge < -0.3 is 14.6 Å². The first-order valence-electron chi connectivity index (χ1n) is 3.81. The van der Waals surface area contributed by atoms with E-state index in [1.165, 1.54) is 0 Å². The number of aliphatic hydroxyl groups excluding tert-OH is 1. The lowest BCUT2D eigenvalue weighted by Crippen LogP contribution is -2.34. The minimum Gasteiger partial charge on any atom is -0.386 e. The molecule has 1 aliphatic rings. The van der Waals surface area contributed by atoms with Crippen molar-refractivity contribution < 1.29 is 14.6 Å². The van der Waals surface area contributed by atoms with Crippen LogP contribution in [0.1, 0.15) is 6.92 Å². The minimum atomic E-state index is -0.546. The lowest BCUT2D eigenvalue weighted by atomic mass is 10.2. The van der Waals surface area contributed by atoms with Gasteiger partial charge in [0.15, 0.2) is 6.29 Å². The summed E-state index contributed by atoms with van der Waals surface area (Å²) in [6.45, 7) is 2.00. The van der Waals surface area contributed by atoms with Crippen molar-refractivity contribution in [3.63, 3.8) is 0 Å². The van der Waals surface area contributed by atoms with Crippen molar-refractivity contribution in [2.24, 2.45) is 0 Å². The minimum absolute atomic E-state index is 0.220. The molecule has 0 fully saturated rings. The fraction of sp³-hybridized carbons (Fsp3) is 0.556. The van der Waals surface area contributed by atoms with Crippen LogP contribution < -0.4 is 0 Å². The summed E-state index contributed by atoms with van der Waals surface area (Å²) in [4.78, 5) is 0. The molecule has 1 heterocycles. The number of terminal acetylenes is 1. The van der Waals surface area contributed by atoms with Crippen molar-refractivity contribution in [3.05, 3.63) is 12.2 Å². The fourth-order valence-corrected chi connectivity index (χ4v) is 0.924. The lowest BCUT2D eigenvalue weighted by molar-refractivity contribution is -0.158. The molecule has 0 aromatic carbocycles. The van der Waals surface area contributed by atoms with Gasteiger partial charge in [-0.15, -0.1) is 6.42 Å². The molecule has 0 saturated carbocycles. The zero-order chi connectivity index (χ0) is 8.97. The first kappa shape index (κ1) is 9.27. The molecule has 0 aromatic rings. The van der Waals surface area contributed by atoms with Crippen LogP contribution in [0.2, 0.25) is 0 Å². The maximum atomic E-state index is 9.21. The topological polar surface area (TPSA) is 38.7 Å². The largest absolute Gasteiger partial charge is 0.386 e. The van der Waals surface area contributed by atoms with E-state index >= 15 is 0 Å². The highest BCUT2D eigenvalue weighted by molar-refractivity contribution is 4.99. The molecule has 0 radical (unpaired) electrons. The zero-order valence-electron chi connectivity index (χ0n) is 6.93. The van der Waals surface area contributed by atoms with Gasteiger partial charge in [-0.3, -0.25) is 0 Å². The summed E-state index contributed by atoms with van der Waals surface area (Å²) in [7, 11) is 0. The number of hydrogen-bond acceptors (Lipinski definition) is 3. The van der Waals surface area contributed by atoms with Crippen molar-refractivity contribution in [1.82, 2.24) is 0 Å². The van der Waals surface area contributed by atoms with E-state index in [2.05, 4.69) is 5.92 Å². The van der Waals surface area contributed by atoms with E-state index in [0.717, 1.165) is 0 Å². The molecule has 3 atom stereocenters. The molecule has 3 nitrogen and oxygen atoms in total. The predicted molar refractivity (Wildman–Crippen MR) is 44.3 cm³/mol. The van der Waals surface area contributed by atoms with Gasteiger partial charge in [-0.1, -0.05) is 12.0 Å². The van der Waals surface area contributed by atoms with E-state index in [9.17, 15) is 5.11 Å². The van der Waals surface area contributed by atoms with Gasteiger partial charge >= 0.3 is 0 Å². The third-order valence-corrected chi connectivity index (χ3v) is 1.63. The predicted octanol–water partition coefficient (Wildman–Crippen LogP) is 0.298. The van der Waals surface area contributed by atoms with E-state index in [1.54, 1.807) is 19.1 Å². The van der Waals surface area contributed by atoms with Crippen molar-refractivity contribution in [1.29, 1.82) is 0 Å². The van der Waals surface area contributed by atoms with E-state index in [0.29, 0.717) is 0 Å². The lowest BCUT2D eigenvalue weighted by Gasteiger charge is -2.26. The van der Waals surface area contributed by atoms with E-state index in [1.807, 2.05) is 0 Å². The molecule has 1 rings (SSSR count). The normalized spacial score (nSPS) is 34.6. The summed E-state index contributed by atoms with van der Waals surface area (Å²) in [5, 5.41) is 9.21. The van der Waals surface area contributed by atoms with Crippen molar-refractivity contribution in [2.45, 2.75) is 25.4 Å². The molecule has 0 aliphatic carbocycles. The summed E-state index contributed by atoms with van der Waals surface area (Å²) in [5.41, 5.74) is 0. The maximum Gasteiger partial charge on any atom is 0.178 e. The van der Waals surface area contributed by atoms with Gasteiger partial charge in [0.2, 0.25) is 0 Å². The zero-order valence-corrected chi connectivity index (χ0v) is 6.93. The molecular weight excluding hydrogens is 156 g/mol. The van der Waals surface area contributed by atoms with Crippen LogP contribution in [-0.2, 0) is 9.47 Å². The Bertz CT molecular complexity index is 204. The second kappa shape index (κ2) is 4.27. The number of ether oxygens (including phenoxy) is 2. The molecule has 1 N–H and O–H groups in total. The third kappa shape index (κ3) is 2.35. The molecule has 0 bridgehead atoms. The van der Waals surface area contributed by atoms with E-state index < -0.39 is 12.4 Å². The standard InChI is InChI=1S/C9H12O3/c1-3-6-11-9-5-4-8(10)7(2)12-9/h1,4-5,7-10H,6H2,2H3/t7-,8+,9-/m0/s1. The molecule has 1 aliphatic heterocycles. The van der Waals surface area contributed by atoms with Gasteiger partial charge in [0.05, 0.1) is 12.2 Å². The molecule has 0 aromatic heterocycles. The summed E-state index contributed by atoms with van der Waals surface area (Å²) in [5.74, 6) is 2.34. The number of rotatable bonds is 2. The summed E-state index contributed by atoms with van der Waals surface area (Å²) < 4.78 is 10.3. The van der Waals surface area contributed by atoms with Gasteiger partial charge in [0.1, 0.15) is 6.61 Å². The van der Waals surface area contributed by atoms with Crippen LogP contribution in [0.15, 0.2) is 12.2 Å². The average molecular weight is 168 g/mol. The van der Waals surface area contributed by atoms with Gasteiger partial charge in [0.25, 0.3) is 0 Å². The second-order valence-electron chi connectivity index (χ2n) is 2.60. The molecule has 3 heteroatoms. The van der Waals surface area contributed by atoms with Crippen LogP contribution in [0.3, 0.4) is 0 Å². The first-order valence-corrected chi connectivity index (χ1v) is 3.81. The number of aliphatic hydroxyl groups is 1. The van der Waals surface area contributed by atoms with Crippen LogP contribution in [0.5, 0.6) is 0 Å². The van der Waals surface area contributed by atoms with Gasteiger partial charge in [0, 0.05) is 0 Å². The Balaban J connectivity index is 2.40. The second-order valence-corrected chi connectivity index (χ2v) is 2.60. The van der Waals surface area contributed by atoms with Crippen LogP contribution in [0.4, 0.5) is 0 Å². The summed E-state index contributed by atoms with van der Waals surface area (Å²) in [6.07, 6.45) is 7.11. The van der Waals surface area contributed by atoms with E-state index in [-0.39, 0.29) is 12.7 Å². The highest BCUT2D eigenvalue weighted by atomic mass is 16.7. The molecular formula is C9H12O3. The average Bonchev–Trinajstić information content (AvgIpc) is 2.07. The Morgan fingerprint density at radius 1 is 1.67 bits per heavy atom. The maximum absolute atomic E-state index is 9.21. The summed E-state index contributed by atoms with van der Waals surface area (Å²) in [6, 6.07) is 0. The molecule has 0 unspecified atom stereocenters. The fourth-order valence-electron chi connectivity index (χ4n) is 0.924. The van der Waals surface area contributed by atoms with Crippen LogP contribution in [0.25, 0.3) is 0 Å². The highest BCUT2D eigenvalue weighted by Gasteiger charge is 2.21. The van der Waals surface area contributed by atoms with Gasteiger partial charge in [-0.05, 0) is 13.0 Å². The van der Waals surface area contributed by atoms with Crippen molar-refractivity contribution in [3.8, 4) is 12.3 Å². The molecule has 0 amide bonds. The monoisotopic (exact) mass is 168 g/mol. The highest BCUT2D eigenvalue weighted by Crippen LogP contribution is 2.12. The Hall–Kier alpha value is -0.820. The summed E-state index contributed by atoms with van der Waals surface area (Å²) >= 11 is 0. The van der Waals surface area contributed by atoms with Gasteiger partial charge in [-0.2, -0.15) is 0 Å². The third-order valence-electron chi connectivity index (χ3n) is 1.63. The van der Waals surface area contributed by atoms with Crippen LogP contribution in [0, 0.1) is 12.3 Å². The van der Waals surface area contributed by atoms with Crippen molar-refractivity contribution in [2.75, 3.05) is 6.61 Å². The smallest absolute Gasteiger partial charge is 0.178 e. The van der Waals surface area contributed by atoms with Crippen molar-refractivity contribution >= 4 is 0 Å². The Kier molecular flexibility index (Phi) is 3.30. The van der Waals surface area contributed by atoms with E-state index in [4.69, 9.17) is 15.9 Å². The Morgan fingerprint density at radius 3 is 3.00 bits per heavy atom. The Labute approximate surface area is 72.0 Å². The Morgan fingerprint density at radius 2 is 2.42 bits per heavy atom. The molecule has 66 valence electrons. The molecule has 0 spiro atoms. The van der Waals surface area contributed by atoms with Crippen LogP contribution >= 0.6 is 0 Å². The SMILES string of the molecule is C#CCO[C@@H]1C=C[C@@H](O)[C@H](C)O1. The van der Waals surface area contributed by atoms with Crippen LogP contribution in [-0.4, -0.2) is 30.2 Å². The molecule has 0 saturated heterocycles. The quantitative estimate of drug-likeness (QED) is 0.476. The van der Waals surface area contributed by atoms with Gasteiger partial charge in [-0.25, -0.2) is 0 Å². The number of hydrogen-bond donors (Lipinski definition) is 1.